The Morgan fingerprint density at radius 1 is 1.07 bits per heavy atom. The molecule has 0 spiro atoms. The zero-order valence-electron chi connectivity index (χ0n) is 17.1. The van der Waals surface area contributed by atoms with Crippen molar-refractivity contribution in [3.05, 3.63) is 65.0 Å². The van der Waals surface area contributed by atoms with Crippen LogP contribution in [0.5, 0.6) is 0 Å². The summed E-state index contributed by atoms with van der Waals surface area (Å²) in [5.74, 6) is 0.521. The van der Waals surface area contributed by atoms with E-state index >= 15 is 0 Å². The first-order chi connectivity index (χ1) is 13.7. The van der Waals surface area contributed by atoms with Gasteiger partial charge in [0.25, 0.3) is 0 Å². The summed E-state index contributed by atoms with van der Waals surface area (Å²) in [5, 5.41) is 6.56. The van der Waals surface area contributed by atoms with E-state index in [1.165, 1.54) is 11.1 Å². The minimum Gasteiger partial charge on any atom is -0.378 e. The van der Waals surface area contributed by atoms with Crippen molar-refractivity contribution in [3.63, 3.8) is 0 Å². The molecule has 1 fully saturated rings. The van der Waals surface area contributed by atoms with Crippen LogP contribution in [-0.4, -0.2) is 38.8 Å². The van der Waals surface area contributed by atoms with E-state index in [0.717, 1.165) is 31.2 Å². The number of guanidine groups is 1. The van der Waals surface area contributed by atoms with Gasteiger partial charge in [0.15, 0.2) is 5.96 Å². The molecule has 0 amide bonds. The second kappa shape index (κ2) is 12.0. The second-order valence-electron chi connectivity index (χ2n) is 6.92. The number of benzene rings is 2. The van der Waals surface area contributed by atoms with Crippen LogP contribution in [0.1, 0.15) is 23.6 Å². The fourth-order valence-electron chi connectivity index (χ4n) is 3.11. The van der Waals surface area contributed by atoms with Crippen LogP contribution in [0.4, 0.5) is 10.1 Å². The monoisotopic (exact) mass is 512 g/mol. The number of hydrogen-bond acceptors (Lipinski definition) is 3. The van der Waals surface area contributed by atoms with Crippen LogP contribution in [-0.2, 0) is 17.8 Å². The van der Waals surface area contributed by atoms with Gasteiger partial charge in [0.05, 0.1) is 25.4 Å². The number of aryl methyl sites for hydroxylation is 1. The third kappa shape index (κ3) is 7.15. The number of anilines is 1. The summed E-state index contributed by atoms with van der Waals surface area (Å²) >= 11 is 0. The highest BCUT2D eigenvalue weighted by Gasteiger charge is 2.15. The summed E-state index contributed by atoms with van der Waals surface area (Å²) in [4.78, 5) is 6.62. The Balaban J connectivity index is 0.00000300. The Morgan fingerprint density at radius 2 is 1.76 bits per heavy atom. The largest absolute Gasteiger partial charge is 0.378 e. The zero-order valence-corrected chi connectivity index (χ0v) is 19.4. The standard InChI is InChI=1S/C22H29FN4O.HI/c1-3-24-22(25-15-18-6-4-17(2)5-7-18)26-16-19-8-9-21(20(23)14-19)27-10-12-28-13-11-27;/h4-9,14H,3,10-13,15-16H2,1-2H3,(H2,24,25,26);1H. The van der Waals surface area contributed by atoms with E-state index in [2.05, 4.69) is 46.8 Å². The quantitative estimate of drug-likeness (QED) is 0.351. The molecule has 29 heavy (non-hydrogen) atoms. The third-order valence-electron chi connectivity index (χ3n) is 4.71. The number of morpholine rings is 1. The summed E-state index contributed by atoms with van der Waals surface area (Å²) < 4.78 is 19.9. The van der Waals surface area contributed by atoms with Crippen LogP contribution < -0.4 is 15.5 Å². The maximum atomic E-state index is 14.5. The molecule has 1 saturated heterocycles. The number of rotatable bonds is 6. The van der Waals surface area contributed by atoms with E-state index in [1.807, 2.05) is 24.0 Å². The Bertz CT molecular complexity index is 792. The average molecular weight is 512 g/mol. The van der Waals surface area contributed by atoms with Crippen molar-refractivity contribution in [3.8, 4) is 0 Å². The van der Waals surface area contributed by atoms with E-state index in [9.17, 15) is 4.39 Å². The molecule has 0 radical (unpaired) electrons. The highest BCUT2D eigenvalue weighted by Crippen LogP contribution is 2.22. The highest BCUT2D eigenvalue weighted by molar-refractivity contribution is 14.0. The number of halogens is 2. The molecular formula is C22H30FIN4O. The number of hydrogen-bond donors (Lipinski definition) is 2. The Labute approximate surface area is 189 Å². The van der Waals surface area contributed by atoms with Gasteiger partial charge in [-0.2, -0.15) is 0 Å². The van der Waals surface area contributed by atoms with Gasteiger partial charge >= 0.3 is 0 Å². The topological polar surface area (TPSA) is 48.9 Å². The fourth-order valence-corrected chi connectivity index (χ4v) is 3.11. The number of ether oxygens (including phenoxy) is 1. The van der Waals surface area contributed by atoms with E-state index < -0.39 is 0 Å². The lowest BCUT2D eigenvalue weighted by molar-refractivity contribution is 0.122. The molecule has 2 aromatic carbocycles. The van der Waals surface area contributed by atoms with Crippen molar-refractivity contribution < 1.29 is 9.13 Å². The van der Waals surface area contributed by atoms with Gasteiger partial charge in [-0.1, -0.05) is 35.9 Å². The Kier molecular flexibility index (Phi) is 9.66. The number of nitrogens with zero attached hydrogens (tertiary/aromatic N) is 2. The van der Waals surface area contributed by atoms with E-state index in [4.69, 9.17) is 4.74 Å². The van der Waals surface area contributed by atoms with Gasteiger partial charge in [-0.3, -0.25) is 0 Å². The van der Waals surface area contributed by atoms with Crippen molar-refractivity contribution >= 4 is 35.6 Å². The van der Waals surface area contributed by atoms with Crippen LogP contribution >= 0.6 is 24.0 Å². The molecule has 0 saturated carbocycles. The summed E-state index contributed by atoms with van der Waals surface area (Å²) in [5.41, 5.74) is 3.92. The molecule has 2 N–H and O–H groups in total. The molecule has 0 atom stereocenters. The Morgan fingerprint density at radius 3 is 2.41 bits per heavy atom. The van der Waals surface area contributed by atoms with Crippen LogP contribution in [0.2, 0.25) is 0 Å². The molecule has 0 unspecified atom stereocenters. The molecule has 0 bridgehead atoms. The van der Waals surface area contributed by atoms with Crippen molar-refractivity contribution in [1.29, 1.82) is 0 Å². The van der Waals surface area contributed by atoms with E-state index in [1.54, 1.807) is 6.07 Å². The third-order valence-corrected chi connectivity index (χ3v) is 4.71. The van der Waals surface area contributed by atoms with Gasteiger partial charge in [-0.05, 0) is 37.1 Å². The molecule has 5 nitrogen and oxygen atoms in total. The van der Waals surface area contributed by atoms with Gasteiger partial charge in [0, 0.05) is 26.2 Å². The number of aliphatic imine (C=N–C) groups is 1. The first-order valence-corrected chi connectivity index (χ1v) is 9.84. The van der Waals surface area contributed by atoms with Crippen molar-refractivity contribution in [2.75, 3.05) is 37.7 Å². The smallest absolute Gasteiger partial charge is 0.191 e. The normalized spacial score (nSPS) is 14.3. The van der Waals surface area contributed by atoms with Gasteiger partial charge in [0.2, 0.25) is 0 Å². The predicted molar refractivity (Wildman–Crippen MR) is 128 cm³/mol. The average Bonchev–Trinajstić information content (AvgIpc) is 2.72. The maximum Gasteiger partial charge on any atom is 0.191 e. The molecule has 7 heteroatoms. The first kappa shape index (κ1) is 23.4. The molecule has 3 rings (SSSR count). The lowest BCUT2D eigenvalue weighted by Crippen LogP contribution is -2.37. The SMILES string of the molecule is CCNC(=NCc1ccc(N2CCOCC2)c(F)c1)NCc1ccc(C)cc1.I. The van der Waals surface area contributed by atoms with E-state index in [0.29, 0.717) is 32.0 Å². The number of nitrogens with one attached hydrogen (secondary N) is 2. The van der Waals surface area contributed by atoms with Gasteiger partial charge in [0.1, 0.15) is 5.82 Å². The van der Waals surface area contributed by atoms with Crippen LogP contribution in [0.3, 0.4) is 0 Å². The van der Waals surface area contributed by atoms with Gasteiger partial charge in [-0.25, -0.2) is 9.38 Å². The van der Waals surface area contributed by atoms with Crippen molar-refractivity contribution in [1.82, 2.24) is 10.6 Å². The van der Waals surface area contributed by atoms with E-state index in [-0.39, 0.29) is 29.8 Å². The summed E-state index contributed by atoms with van der Waals surface area (Å²) in [6.07, 6.45) is 0. The molecule has 1 aliphatic heterocycles. The zero-order chi connectivity index (χ0) is 19.8. The second-order valence-corrected chi connectivity index (χ2v) is 6.92. The summed E-state index contributed by atoms with van der Waals surface area (Å²) in [6.45, 7) is 8.72. The molecule has 0 aliphatic carbocycles. The molecule has 2 aromatic rings. The van der Waals surface area contributed by atoms with Crippen LogP contribution in [0.15, 0.2) is 47.5 Å². The molecule has 0 aromatic heterocycles. The van der Waals surface area contributed by atoms with Crippen LogP contribution in [0, 0.1) is 12.7 Å². The molecular weight excluding hydrogens is 482 g/mol. The van der Waals surface area contributed by atoms with Crippen molar-refractivity contribution in [2.45, 2.75) is 26.9 Å². The highest BCUT2D eigenvalue weighted by atomic mass is 127. The fraction of sp³-hybridized carbons (Fsp3) is 0.409. The summed E-state index contributed by atoms with van der Waals surface area (Å²) in [7, 11) is 0. The molecule has 158 valence electrons. The Hall–Kier alpha value is -1.87. The van der Waals surface area contributed by atoms with Crippen molar-refractivity contribution in [2.24, 2.45) is 4.99 Å². The lowest BCUT2D eigenvalue weighted by Gasteiger charge is -2.29. The summed E-state index contributed by atoms with van der Waals surface area (Å²) in [6, 6.07) is 13.8. The molecule has 1 aliphatic rings. The lowest BCUT2D eigenvalue weighted by atomic mass is 10.1. The first-order valence-electron chi connectivity index (χ1n) is 9.84. The minimum absolute atomic E-state index is 0. The minimum atomic E-state index is -0.202. The van der Waals surface area contributed by atoms with Gasteiger partial charge in [-0.15, -0.1) is 24.0 Å². The van der Waals surface area contributed by atoms with Gasteiger partial charge < -0.3 is 20.3 Å². The molecule has 1 heterocycles. The maximum absolute atomic E-state index is 14.5. The van der Waals surface area contributed by atoms with Crippen LogP contribution in [0.25, 0.3) is 0 Å². The predicted octanol–water partition coefficient (Wildman–Crippen LogP) is 3.84.